The molecular formula is C12H8ClN3S. The van der Waals surface area contributed by atoms with E-state index in [0.717, 1.165) is 10.6 Å². The quantitative estimate of drug-likeness (QED) is 0.777. The molecule has 0 spiro atoms. The highest BCUT2D eigenvalue weighted by Gasteiger charge is 2.06. The zero-order valence-electron chi connectivity index (χ0n) is 9.01. The third-order valence-corrected chi connectivity index (χ3v) is 3.37. The number of halogens is 1. The normalized spacial score (nSPS) is 9.94. The molecule has 0 aliphatic carbocycles. The minimum absolute atomic E-state index is 0.368. The molecule has 5 heteroatoms. The summed E-state index contributed by atoms with van der Waals surface area (Å²) in [5.41, 5.74) is 1.14. The van der Waals surface area contributed by atoms with Gasteiger partial charge in [0.15, 0.2) is 5.16 Å². The van der Waals surface area contributed by atoms with Gasteiger partial charge < -0.3 is 0 Å². The Balaban J connectivity index is 2.34. The molecule has 0 atom stereocenters. The molecule has 3 nitrogen and oxygen atoms in total. The molecule has 0 fully saturated rings. The van der Waals surface area contributed by atoms with Gasteiger partial charge in [0, 0.05) is 10.6 Å². The Morgan fingerprint density at radius 3 is 2.76 bits per heavy atom. The molecule has 0 aliphatic heterocycles. The van der Waals surface area contributed by atoms with Crippen molar-refractivity contribution in [2.24, 2.45) is 0 Å². The highest BCUT2D eigenvalue weighted by Crippen LogP contribution is 2.30. The summed E-state index contributed by atoms with van der Waals surface area (Å²) in [5.74, 6) is 0. The van der Waals surface area contributed by atoms with Crippen molar-refractivity contribution >= 4 is 23.4 Å². The number of benzene rings is 1. The summed E-state index contributed by atoms with van der Waals surface area (Å²) in [7, 11) is 0. The first kappa shape index (κ1) is 11.9. The minimum Gasteiger partial charge on any atom is -0.228 e. The van der Waals surface area contributed by atoms with Gasteiger partial charge in [-0.2, -0.15) is 5.26 Å². The fraction of sp³-hybridized carbons (Fsp3) is 0.0833. The van der Waals surface area contributed by atoms with Crippen LogP contribution in [-0.2, 0) is 0 Å². The second-order valence-electron chi connectivity index (χ2n) is 3.32. The van der Waals surface area contributed by atoms with Crippen molar-refractivity contribution in [3.8, 4) is 6.07 Å². The van der Waals surface area contributed by atoms with Crippen molar-refractivity contribution in [3.05, 3.63) is 46.7 Å². The van der Waals surface area contributed by atoms with Gasteiger partial charge in [-0.1, -0.05) is 23.7 Å². The minimum atomic E-state index is 0.368. The molecule has 1 heterocycles. The molecule has 0 unspecified atom stereocenters. The standard InChI is InChI=1S/C12H8ClN3S/c1-8-6-9(7-14)16-12(15-8)17-11-5-3-2-4-10(11)13/h2-6H,1H3. The van der Waals surface area contributed by atoms with E-state index in [1.165, 1.54) is 11.8 Å². The molecule has 0 bridgehead atoms. The summed E-state index contributed by atoms with van der Waals surface area (Å²) < 4.78 is 0. The van der Waals surface area contributed by atoms with E-state index < -0.39 is 0 Å². The van der Waals surface area contributed by atoms with E-state index in [0.29, 0.717) is 15.9 Å². The van der Waals surface area contributed by atoms with E-state index in [1.54, 1.807) is 6.07 Å². The Morgan fingerprint density at radius 1 is 1.29 bits per heavy atom. The van der Waals surface area contributed by atoms with Crippen LogP contribution >= 0.6 is 23.4 Å². The SMILES string of the molecule is Cc1cc(C#N)nc(Sc2ccccc2Cl)n1. The summed E-state index contributed by atoms with van der Waals surface area (Å²) >= 11 is 7.40. The van der Waals surface area contributed by atoms with E-state index in [-0.39, 0.29) is 0 Å². The van der Waals surface area contributed by atoms with Crippen LogP contribution in [0.2, 0.25) is 5.02 Å². The summed E-state index contributed by atoms with van der Waals surface area (Å²) in [4.78, 5) is 9.26. The molecule has 1 aromatic carbocycles. The maximum absolute atomic E-state index is 8.83. The predicted octanol–water partition coefficient (Wildman–Crippen LogP) is 3.46. The van der Waals surface area contributed by atoms with E-state index in [1.807, 2.05) is 37.3 Å². The number of nitriles is 1. The molecule has 2 aromatic rings. The molecule has 0 N–H and O–H groups in total. The van der Waals surface area contributed by atoms with Crippen molar-refractivity contribution < 1.29 is 0 Å². The zero-order valence-corrected chi connectivity index (χ0v) is 10.6. The molecule has 0 aliphatic rings. The number of hydrogen-bond donors (Lipinski definition) is 0. The van der Waals surface area contributed by atoms with Crippen molar-refractivity contribution in [2.45, 2.75) is 17.0 Å². The molecular weight excluding hydrogens is 254 g/mol. The zero-order chi connectivity index (χ0) is 12.3. The lowest BCUT2D eigenvalue weighted by Gasteiger charge is -2.03. The molecule has 2 rings (SSSR count). The first-order valence-corrected chi connectivity index (χ1v) is 6.06. The number of aryl methyl sites for hydroxylation is 1. The van der Waals surface area contributed by atoms with Gasteiger partial charge in [0.05, 0.1) is 5.02 Å². The van der Waals surface area contributed by atoms with Gasteiger partial charge in [0.25, 0.3) is 0 Å². The van der Waals surface area contributed by atoms with E-state index in [9.17, 15) is 0 Å². The lowest BCUT2D eigenvalue weighted by molar-refractivity contribution is 0.919. The molecule has 17 heavy (non-hydrogen) atoms. The van der Waals surface area contributed by atoms with Gasteiger partial charge in [-0.05, 0) is 36.9 Å². The third-order valence-electron chi connectivity index (χ3n) is 1.99. The summed E-state index contributed by atoms with van der Waals surface area (Å²) in [6, 6.07) is 11.1. The Hall–Kier alpha value is -1.57. The van der Waals surface area contributed by atoms with Crippen LogP contribution in [0.4, 0.5) is 0 Å². The number of nitrogens with zero attached hydrogens (tertiary/aromatic N) is 3. The summed E-state index contributed by atoms with van der Waals surface area (Å²) in [5, 5.41) is 10.0. The average Bonchev–Trinajstić information content (AvgIpc) is 2.31. The topological polar surface area (TPSA) is 49.6 Å². The Labute approximate surface area is 108 Å². The van der Waals surface area contributed by atoms with Crippen molar-refractivity contribution in [2.75, 3.05) is 0 Å². The molecule has 0 amide bonds. The molecule has 0 saturated heterocycles. The second kappa shape index (κ2) is 5.17. The summed E-state index contributed by atoms with van der Waals surface area (Å²) in [6.07, 6.45) is 0. The smallest absolute Gasteiger partial charge is 0.193 e. The van der Waals surface area contributed by atoms with Crippen LogP contribution in [0.5, 0.6) is 0 Å². The van der Waals surface area contributed by atoms with Gasteiger partial charge in [-0.15, -0.1) is 0 Å². The Morgan fingerprint density at radius 2 is 2.06 bits per heavy atom. The average molecular weight is 262 g/mol. The fourth-order valence-corrected chi connectivity index (χ4v) is 2.36. The lowest BCUT2D eigenvalue weighted by atomic mass is 10.4. The molecule has 1 aromatic heterocycles. The second-order valence-corrected chi connectivity index (χ2v) is 4.74. The highest BCUT2D eigenvalue weighted by atomic mass is 35.5. The maximum atomic E-state index is 8.83. The van der Waals surface area contributed by atoms with E-state index in [4.69, 9.17) is 16.9 Å². The Bertz CT molecular complexity index is 593. The fourth-order valence-electron chi connectivity index (χ4n) is 1.27. The van der Waals surface area contributed by atoms with Crippen molar-refractivity contribution in [3.63, 3.8) is 0 Å². The Kier molecular flexibility index (Phi) is 3.62. The van der Waals surface area contributed by atoms with Gasteiger partial charge in [0.2, 0.25) is 0 Å². The number of rotatable bonds is 2. The van der Waals surface area contributed by atoms with Gasteiger partial charge in [-0.3, -0.25) is 0 Å². The maximum Gasteiger partial charge on any atom is 0.193 e. The lowest BCUT2D eigenvalue weighted by Crippen LogP contribution is -1.93. The number of hydrogen-bond acceptors (Lipinski definition) is 4. The largest absolute Gasteiger partial charge is 0.228 e. The van der Waals surface area contributed by atoms with Crippen molar-refractivity contribution in [1.29, 1.82) is 5.26 Å². The van der Waals surface area contributed by atoms with Crippen LogP contribution in [0.1, 0.15) is 11.4 Å². The van der Waals surface area contributed by atoms with Crippen LogP contribution in [0.25, 0.3) is 0 Å². The first-order valence-electron chi connectivity index (χ1n) is 4.87. The van der Waals surface area contributed by atoms with Gasteiger partial charge in [-0.25, -0.2) is 9.97 Å². The highest BCUT2D eigenvalue weighted by molar-refractivity contribution is 7.99. The molecule has 0 radical (unpaired) electrons. The first-order chi connectivity index (χ1) is 8.19. The van der Waals surface area contributed by atoms with E-state index in [2.05, 4.69) is 9.97 Å². The van der Waals surface area contributed by atoms with E-state index >= 15 is 0 Å². The van der Waals surface area contributed by atoms with Crippen LogP contribution < -0.4 is 0 Å². The molecule has 0 saturated carbocycles. The van der Waals surface area contributed by atoms with Crippen LogP contribution in [0, 0.1) is 18.3 Å². The number of aromatic nitrogens is 2. The third kappa shape index (κ3) is 2.96. The van der Waals surface area contributed by atoms with Gasteiger partial charge >= 0.3 is 0 Å². The monoisotopic (exact) mass is 261 g/mol. The van der Waals surface area contributed by atoms with Crippen LogP contribution in [0.15, 0.2) is 40.4 Å². The van der Waals surface area contributed by atoms with Crippen LogP contribution in [-0.4, -0.2) is 9.97 Å². The summed E-state index contributed by atoms with van der Waals surface area (Å²) in [6.45, 7) is 1.83. The van der Waals surface area contributed by atoms with Crippen molar-refractivity contribution in [1.82, 2.24) is 9.97 Å². The predicted molar refractivity (Wildman–Crippen MR) is 67.1 cm³/mol. The van der Waals surface area contributed by atoms with Crippen LogP contribution in [0.3, 0.4) is 0 Å². The molecule has 84 valence electrons. The van der Waals surface area contributed by atoms with Gasteiger partial charge in [0.1, 0.15) is 11.8 Å².